The monoisotopic (exact) mass is 366 g/mol. The number of aliphatic imine (C=N–C) groups is 1. The van der Waals surface area contributed by atoms with E-state index in [0.717, 1.165) is 42.4 Å². The van der Waals surface area contributed by atoms with E-state index in [-0.39, 0.29) is 0 Å². The van der Waals surface area contributed by atoms with E-state index in [1.54, 1.807) is 12.5 Å². The summed E-state index contributed by atoms with van der Waals surface area (Å²) in [6.07, 6.45) is 4.25. The molecular formula is C20H26N6O. The summed E-state index contributed by atoms with van der Waals surface area (Å²) in [6.45, 7) is 6.21. The zero-order chi connectivity index (χ0) is 19.1. The smallest absolute Gasteiger partial charge is 0.226 e. The molecule has 2 heterocycles. The molecule has 0 saturated heterocycles. The van der Waals surface area contributed by atoms with Crippen LogP contribution < -0.4 is 10.6 Å². The number of hydrogen-bond donors (Lipinski definition) is 2. The first-order chi connectivity index (χ1) is 13.2. The van der Waals surface area contributed by atoms with Crippen LogP contribution in [0.25, 0.3) is 11.5 Å². The minimum atomic E-state index is 0.577. The highest BCUT2D eigenvalue weighted by atomic mass is 16.3. The van der Waals surface area contributed by atoms with Crippen LogP contribution in [0.5, 0.6) is 0 Å². The minimum absolute atomic E-state index is 0.577. The van der Waals surface area contributed by atoms with Gasteiger partial charge in [-0.15, -0.1) is 0 Å². The Bertz CT molecular complexity index is 878. The molecule has 0 spiro atoms. The summed E-state index contributed by atoms with van der Waals surface area (Å²) in [6, 6.07) is 10.1. The molecule has 0 radical (unpaired) electrons. The second-order valence-electron chi connectivity index (χ2n) is 6.33. The van der Waals surface area contributed by atoms with E-state index in [1.165, 1.54) is 5.56 Å². The molecule has 2 aromatic heterocycles. The van der Waals surface area contributed by atoms with Gasteiger partial charge in [0.2, 0.25) is 5.89 Å². The van der Waals surface area contributed by atoms with Crippen molar-refractivity contribution in [3.8, 4) is 11.5 Å². The quantitative estimate of drug-likeness (QED) is 0.496. The van der Waals surface area contributed by atoms with Crippen molar-refractivity contribution in [2.75, 3.05) is 13.1 Å². The zero-order valence-corrected chi connectivity index (χ0v) is 16.1. The molecule has 27 heavy (non-hydrogen) atoms. The Balaban J connectivity index is 1.54. The van der Waals surface area contributed by atoms with Crippen LogP contribution in [0, 0.1) is 6.92 Å². The van der Waals surface area contributed by atoms with Crippen molar-refractivity contribution < 1.29 is 4.42 Å². The van der Waals surface area contributed by atoms with Crippen molar-refractivity contribution in [3.63, 3.8) is 0 Å². The second kappa shape index (κ2) is 9.02. The van der Waals surface area contributed by atoms with Crippen LogP contribution in [0.2, 0.25) is 0 Å². The number of rotatable bonds is 7. The predicted molar refractivity (Wildman–Crippen MR) is 106 cm³/mol. The summed E-state index contributed by atoms with van der Waals surface area (Å²) in [5.74, 6) is 1.43. The molecule has 0 unspecified atom stereocenters. The third kappa shape index (κ3) is 5.20. The number of aromatic nitrogens is 3. The molecule has 0 aliphatic carbocycles. The maximum atomic E-state index is 5.61. The average Bonchev–Trinajstić information content (AvgIpc) is 3.29. The van der Waals surface area contributed by atoms with Crippen LogP contribution in [0.3, 0.4) is 0 Å². The molecule has 3 aromatic rings. The maximum Gasteiger partial charge on any atom is 0.226 e. The number of aryl methyl sites for hydroxylation is 2. The first-order valence-corrected chi connectivity index (χ1v) is 9.16. The number of guanidine groups is 1. The molecule has 7 nitrogen and oxygen atoms in total. The van der Waals surface area contributed by atoms with E-state index in [0.29, 0.717) is 12.4 Å². The van der Waals surface area contributed by atoms with Crippen LogP contribution in [-0.4, -0.2) is 33.8 Å². The Kier molecular flexibility index (Phi) is 6.25. The number of benzene rings is 1. The summed E-state index contributed by atoms with van der Waals surface area (Å²) < 4.78 is 7.44. The van der Waals surface area contributed by atoms with Gasteiger partial charge in [-0.1, -0.05) is 17.7 Å². The van der Waals surface area contributed by atoms with Gasteiger partial charge in [0, 0.05) is 38.3 Å². The van der Waals surface area contributed by atoms with Crippen LogP contribution in [0.1, 0.15) is 23.9 Å². The van der Waals surface area contributed by atoms with Crippen molar-refractivity contribution in [1.29, 1.82) is 0 Å². The van der Waals surface area contributed by atoms with Gasteiger partial charge in [0.1, 0.15) is 6.26 Å². The van der Waals surface area contributed by atoms with Gasteiger partial charge in [-0.25, -0.2) is 9.98 Å². The van der Waals surface area contributed by atoms with E-state index >= 15 is 0 Å². The largest absolute Gasteiger partial charge is 0.444 e. The molecular weight excluding hydrogens is 340 g/mol. The molecule has 0 fully saturated rings. The van der Waals surface area contributed by atoms with Gasteiger partial charge in [0.15, 0.2) is 5.96 Å². The number of nitrogens with one attached hydrogen (secondary N) is 2. The van der Waals surface area contributed by atoms with E-state index in [1.807, 2.05) is 36.9 Å². The van der Waals surface area contributed by atoms with Gasteiger partial charge >= 0.3 is 0 Å². The van der Waals surface area contributed by atoms with Gasteiger partial charge in [-0.2, -0.15) is 5.10 Å². The Morgan fingerprint density at radius 2 is 2.00 bits per heavy atom. The third-order valence-corrected chi connectivity index (χ3v) is 4.19. The summed E-state index contributed by atoms with van der Waals surface area (Å²) in [7, 11) is 1.92. The second-order valence-corrected chi connectivity index (χ2v) is 6.33. The van der Waals surface area contributed by atoms with E-state index < -0.39 is 0 Å². The summed E-state index contributed by atoms with van der Waals surface area (Å²) in [4.78, 5) is 9.17. The maximum absolute atomic E-state index is 5.61. The van der Waals surface area contributed by atoms with Gasteiger partial charge in [0.25, 0.3) is 0 Å². The van der Waals surface area contributed by atoms with Crippen molar-refractivity contribution in [2.45, 2.75) is 26.8 Å². The summed E-state index contributed by atoms with van der Waals surface area (Å²) in [5.41, 5.74) is 4.19. The van der Waals surface area contributed by atoms with E-state index in [9.17, 15) is 0 Å². The zero-order valence-electron chi connectivity index (χ0n) is 16.1. The normalized spacial score (nSPS) is 11.6. The Morgan fingerprint density at radius 3 is 2.70 bits per heavy atom. The SMILES string of the molecule is CCNC(=NCc1ccnn1C)NCCc1coc(-c2ccc(C)cc2)n1. The highest BCUT2D eigenvalue weighted by molar-refractivity contribution is 5.79. The predicted octanol–water partition coefficient (Wildman–Crippen LogP) is 2.68. The lowest BCUT2D eigenvalue weighted by atomic mass is 10.1. The Labute approximate surface area is 159 Å². The van der Waals surface area contributed by atoms with E-state index in [2.05, 4.69) is 44.8 Å². The van der Waals surface area contributed by atoms with Crippen molar-refractivity contribution in [3.05, 3.63) is 59.7 Å². The first kappa shape index (κ1) is 18.7. The standard InChI is InChI=1S/C20H26N6O/c1-4-21-20(23-13-18-10-12-24-26(18)3)22-11-9-17-14-27-19(25-17)16-7-5-15(2)6-8-16/h5-8,10,12,14H,4,9,11,13H2,1-3H3,(H2,21,22,23). The fourth-order valence-corrected chi connectivity index (χ4v) is 2.62. The molecule has 0 saturated carbocycles. The Morgan fingerprint density at radius 1 is 1.19 bits per heavy atom. The summed E-state index contributed by atoms with van der Waals surface area (Å²) in [5, 5.41) is 10.7. The van der Waals surface area contributed by atoms with Gasteiger partial charge in [-0.3, -0.25) is 4.68 Å². The van der Waals surface area contributed by atoms with Crippen LogP contribution >= 0.6 is 0 Å². The number of nitrogens with zero attached hydrogens (tertiary/aromatic N) is 4. The lowest BCUT2D eigenvalue weighted by molar-refractivity contribution is 0.572. The van der Waals surface area contributed by atoms with E-state index in [4.69, 9.17) is 4.42 Å². The number of hydrogen-bond acceptors (Lipinski definition) is 4. The number of oxazole rings is 1. The molecule has 0 aliphatic heterocycles. The third-order valence-electron chi connectivity index (χ3n) is 4.19. The molecule has 142 valence electrons. The molecule has 0 atom stereocenters. The topological polar surface area (TPSA) is 80.3 Å². The van der Waals surface area contributed by atoms with Crippen molar-refractivity contribution in [1.82, 2.24) is 25.4 Å². The molecule has 0 amide bonds. The van der Waals surface area contributed by atoms with Gasteiger partial charge < -0.3 is 15.1 Å². The summed E-state index contributed by atoms with van der Waals surface area (Å²) >= 11 is 0. The molecule has 2 N–H and O–H groups in total. The highest BCUT2D eigenvalue weighted by Crippen LogP contribution is 2.19. The first-order valence-electron chi connectivity index (χ1n) is 9.16. The lowest BCUT2D eigenvalue weighted by Gasteiger charge is -2.10. The average molecular weight is 366 g/mol. The Hall–Kier alpha value is -3.09. The molecule has 0 aliphatic rings. The minimum Gasteiger partial charge on any atom is -0.444 e. The van der Waals surface area contributed by atoms with Gasteiger partial charge in [-0.05, 0) is 32.0 Å². The molecule has 1 aromatic carbocycles. The molecule has 0 bridgehead atoms. The molecule has 3 rings (SSSR count). The van der Waals surface area contributed by atoms with Crippen molar-refractivity contribution >= 4 is 5.96 Å². The fraction of sp³-hybridized carbons (Fsp3) is 0.350. The lowest BCUT2D eigenvalue weighted by Crippen LogP contribution is -2.38. The molecule has 7 heteroatoms. The van der Waals surface area contributed by atoms with Crippen LogP contribution in [0.4, 0.5) is 0 Å². The van der Waals surface area contributed by atoms with Crippen molar-refractivity contribution in [2.24, 2.45) is 12.0 Å². The fourth-order valence-electron chi connectivity index (χ4n) is 2.62. The van der Waals surface area contributed by atoms with Gasteiger partial charge in [0.05, 0.1) is 17.9 Å². The highest BCUT2D eigenvalue weighted by Gasteiger charge is 2.07. The van der Waals surface area contributed by atoms with Crippen LogP contribution in [-0.2, 0) is 20.0 Å². The van der Waals surface area contributed by atoms with Crippen LogP contribution in [0.15, 0.2) is 52.2 Å².